The first-order chi connectivity index (χ1) is 11.9. The van der Waals surface area contributed by atoms with Crippen LogP contribution in [0.2, 0.25) is 0 Å². The van der Waals surface area contributed by atoms with Crippen molar-refractivity contribution in [1.29, 1.82) is 0 Å². The smallest absolute Gasteiger partial charge is 0.189 e. The molecule has 0 spiro atoms. The second-order valence-corrected chi connectivity index (χ2v) is 10.0. The van der Waals surface area contributed by atoms with Crippen molar-refractivity contribution in [3.8, 4) is 0 Å². The molecule has 25 heavy (non-hydrogen) atoms. The Bertz CT molecular complexity index is 1000. The van der Waals surface area contributed by atoms with Crippen LogP contribution in [0.1, 0.15) is 17.8 Å². The van der Waals surface area contributed by atoms with E-state index in [1.54, 1.807) is 6.33 Å². The van der Waals surface area contributed by atoms with E-state index in [0.717, 1.165) is 34.7 Å². The summed E-state index contributed by atoms with van der Waals surface area (Å²) in [5.74, 6) is 1.27. The van der Waals surface area contributed by atoms with E-state index in [9.17, 15) is 8.42 Å². The van der Waals surface area contributed by atoms with Crippen LogP contribution in [0.3, 0.4) is 0 Å². The van der Waals surface area contributed by atoms with E-state index >= 15 is 0 Å². The van der Waals surface area contributed by atoms with Crippen molar-refractivity contribution in [1.82, 2.24) is 19.9 Å². The van der Waals surface area contributed by atoms with E-state index in [4.69, 9.17) is 0 Å². The highest BCUT2D eigenvalue weighted by Gasteiger charge is 2.36. The average Bonchev–Trinajstić information content (AvgIpc) is 3.18. The summed E-state index contributed by atoms with van der Waals surface area (Å²) in [7, 11) is -1.22. The zero-order valence-electron chi connectivity index (χ0n) is 14.0. The van der Waals surface area contributed by atoms with Crippen molar-refractivity contribution >= 4 is 38.0 Å². The van der Waals surface area contributed by atoms with Gasteiger partial charge in [-0.1, -0.05) is 0 Å². The largest absolute Gasteiger partial charge is 0.356 e. The fourth-order valence-corrected chi connectivity index (χ4v) is 6.19. The van der Waals surface area contributed by atoms with Gasteiger partial charge in [0, 0.05) is 19.3 Å². The highest BCUT2D eigenvalue weighted by atomic mass is 32.2. The number of hydrogen-bond donors (Lipinski definition) is 1. The van der Waals surface area contributed by atoms with E-state index < -0.39 is 9.84 Å². The van der Waals surface area contributed by atoms with Gasteiger partial charge in [0.15, 0.2) is 9.84 Å². The Labute approximate surface area is 150 Å². The molecule has 3 aromatic rings. The number of aromatic nitrogens is 4. The molecule has 0 saturated heterocycles. The molecule has 1 aliphatic rings. The maximum Gasteiger partial charge on any atom is 0.189 e. The standard InChI is InChI=1S/C16H19N5O2S2/c1-10-18-7-14(24-10)25(22,23)8-11-5-12(6-11)21(2)16-13-3-4-17-15(13)19-9-20-16/h3-4,7,9,11-12H,5-6,8H2,1-2H3,(H,17,19,20)/t11-,12+. The Hall–Kier alpha value is -2.00. The third-order valence-electron chi connectivity index (χ3n) is 4.79. The molecule has 3 heterocycles. The molecular weight excluding hydrogens is 358 g/mol. The number of hydrogen-bond acceptors (Lipinski definition) is 7. The molecule has 0 amide bonds. The predicted molar refractivity (Wildman–Crippen MR) is 97.7 cm³/mol. The predicted octanol–water partition coefficient (Wildman–Crippen LogP) is 2.41. The molecule has 3 aromatic heterocycles. The molecule has 1 saturated carbocycles. The molecule has 0 unspecified atom stereocenters. The molecule has 4 rings (SSSR count). The van der Waals surface area contributed by atoms with Crippen molar-refractivity contribution < 1.29 is 8.42 Å². The Balaban J connectivity index is 1.43. The van der Waals surface area contributed by atoms with Crippen LogP contribution < -0.4 is 4.90 Å². The molecule has 0 bridgehead atoms. The summed E-state index contributed by atoms with van der Waals surface area (Å²) in [5.41, 5.74) is 0.816. The number of nitrogens with zero attached hydrogens (tertiary/aromatic N) is 4. The summed E-state index contributed by atoms with van der Waals surface area (Å²) in [5, 5.41) is 1.77. The third kappa shape index (κ3) is 3.02. The lowest BCUT2D eigenvalue weighted by Crippen LogP contribution is -2.45. The molecule has 9 heteroatoms. The first kappa shape index (κ1) is 16.5. The first-order valence-electron chi connectivity index (χ1n) is 8.10. The van der Waals surface area contributed by atoms with Gasteiger partial charge in [-0.05, 0) is 31.7 Å². The topological polar surface area (TPSA) is 91.8 Å². The highest BCUT2D eigenvalue weighted by molar-refractivity contribution is 7.93. The van der Waals surface area contributed by atoms with E-state index in [0.29, 0.717) is 10.3 Å². The summed E-state index contributed by atoms with van der Waals surface area (Å²) in [6.45, 7) is 1.82. The number of sulfone groups is 1. The van der Waals surface area contributed by atoms with Gasteiger partial charge >= 0.3 is 0 Å². The van der Waals surface area contributed by atoms with Crippen LogP contribution in [0.15, 0.2) is 29.0 Å². The van der Waals surface area contributed by atoms with Crippen LogP contribution in [0.25, 0.3) is 11.0 Å². The monoisotopic (exact) mass is 377 g/mol. The summed E-state index contributed by atoms with van der Waals surface area (Å²) in [4.78, 5) is 17.9. The van der Waals surface area contributed by atoms with E-state index in [1.807, 2.05) is 26.2 Å². The fourth-order valence-electron chi connectivity index (χ4n) is 3.34. The number of fused-ring (bicyclic) bond motifs is 1. The Morgan fingerprint density at radius 1 is 1.32 bits per heavy atom. The van der Waals surface area contributed by atoms with Gasteiger partial charge in [-0.3, -0.25) is 0 Å². The van der Waals surface area contributed by atoms with Gasteiger partial charge in [0.2, 0.25) is 0 Å². The molecule has 0 aromatic carbocycles. The van der Waals surface area contributed by atoms with Gasteiger partial charge in [-0.25, -0.2) is 23.4 Å². The van der Waals surface area contributed by atoms with Crippen LogP contribution in [-0.2, 0) is 9.84 Å². The first-order valence-corrected chi connectivity index (χ1v) is 10.6. The second-order valence-electron chi connectivity index (χ2n) is 6.52. The number of thiazole rings is 1. The van der Waals surface area contributed by atoms with Crippen LogP contribution in [0.5, 0.6) is 0 Å². The van der Waals surface area contributed by atoms with Crippen molar-refractivity contribution in [2.75, 3.05) is 17.7 Å². The average molecular weight is 377 g/mol. The van der Waals surface area contributed by atoms with Gasteiger partial charge < -0.3 is 9.88 Å². The molecule has 7 nitrogen and oxygen atoms in total. The normalized spacial score (nSPS) is 20.6. The van der Waals surface area contributed by atoms with Crippen molar-refractivity contribution in [2.45, 2.75) is 30.0 Å². The SMILES string of the molecule is Cc1ncc(S(=O)(=O)C[C@H]2C[C@@H](N(C)c3ncnc4[nH]ccc34)C2)s1. The molecular formula is C16H19N5O2S2. The molecule has 132 valence electrons. The minimum atomic E-state index is -3.23. The number of H-pyrrole nitrogens is 1. The van der Waals surface area contributed by atoms with E-state index in [1.165, 1.54) is 17.5 Å². The van der Waals surface area contributed by atoms with Crippen molar-refractivity contribution in [3.05, 3.63) is 29.8 Å². The summed E-state index contributed by atoms with van der Waals surface area (Å²) >= 11 is 1.25. The van der Waals surface area contributed by atoms with Crippen molar-refractivity contribution in [3.63, 3.8) is 0 Å². The molecule has 0 aliphatic heterocycles. The van der Waals surface area contributed by atoms with Crippen LogP contribution >= 0.6 is 11.3 Å². The van der Waals surface area contributed by atoms with Crippen LogP contribution in [0.4, 0.5) is 5.82 Å². The van der Waals surface area contributed by atoms with E-state index in [2.05, 4.69) is 24.8 Å². The van der Waals surface area contributed by atoms with Gasteiger partial charge in [-0.15, -0.1) is 11.3 Å². The summed E-state index contributed by atoms with van der Waals surface area (Å²) in [6, 6.07) is 2.27. The van der Waals surface area contributed by atoms with Gasteiger partial charge in [-0.2, -0.15) is 0 Å². The zero-order chi connectivity index (χ0) is 17.6. The maximum atomic E-state index is 12.5. The Morgan fingerprint density at radius 2 is 2.12 bits per heavy atom. The quantitative estimate of drug-likeness (QED) is 0.734. The molecule has 1 fully saturated rings. The van der Waals surface area contributed by atoms with Crippen LogP contribution in [0, 0.1) is 12.8 Å². The molecule has 1 N–H and O–H groups in total. The second kappa shape index (κ2) is 6.06. The highest BCUT2D eigenvalue weighted by Crippen LogP contribution is 2.37. The summed E-state index contributed by atoms with van der Waals surface area (Å²) < 4.78 is 25.3. The Morgan fingerprint density at radius 3 is 2.84 bits per heavy atom. The molecule has 0 atom stereocenters. The number of anilines is 1. The number of rotatable bonds is 5. The van der Waals surface area contributed by atoms with E-state index in [-0.39, 0.29) is 11.7 Å². The number of nitrogens with one attached hydrogen (secondary N) is 1. The van der Waals surface area contributed by atoms with Gasteiger partial charge in [0.25, 0.3) is 0 Å². The maximum absolute atomic E-state index is 12.5. The molecule has 0 radical (unpaired) electrons. The summed E-state index contributed by atoms with van der Waals surface area (Å²) in [6.07, 6.45) is 6.58. The minimum Gasteiger partial charge on any atom is -0.356 e. The minimum absolute atomic E-state index is 0.184. The lowest BCUT2D eigenvalue weighted by atomic mass is 9.81. The fraction of sp³-hybridized carbons (Fsp3) is 0.438. The molecule has 1 aliphatic carbocycles. The lowest BCUT2D eigenvalue weighted by Gasteiger charge is -2.41. The Kier molecular flexibility index (Phi) is 3.99. The van der Waals surface area contributed by atoms with Gasteiger partial charge in [0.1, 0.15) is 22.0 Å². The van der Waals surface area contributed by atoms with Crippen molar-refractivity contribution in [2.24, 2.45) is 5.92 Å². The third-order valence-corrected chi connectivity index (χ3v) is 8.14. The number of aryl methyl sites for hydroxylation is 1. The lowest BCUT2D eigenvalue weighted by molar-refractivity contribution is 0.282. The zero-order valence-corrected chi connectivity index (χ0v) is 15.6. The number of aromatic amines is 1. The van der Waals surface area contributed by atoms with Gasteiger partial charge in [0.05, 0.1) is 22.3 Å². The van der Waals surface area contributed by atoms with Crippen LogP contribution in [-0.4, -0.2) is 47.2 Å².